The monoisotopic (exact) mass is 370 g/mol. The molecule has 4 heteroatoms. The highest BCUT2D eigenvalue weighted by Crippen LogP contribution is 2.43. The van der Waals surface area contributed by atoms with E-state index in [2.05, 4.69) is 71.6 Å². The fourth-order valence-corrected chi connectivity index (χ4v) is 4.91. The van der Waals surface area contributed by atoms with Crippen LogP contribution >= 0.6 is 0 Å². The predicted molar refractivity (Wildman–Crippen MR) is 114 cm³/mol. The first kappa shape index (κ1) is 19.2. The zero-order chi connectivity index (χ0) is 19.1. The van der Waals surface area contributed by atoms with Gasteiger partial charge >= 0.3 is 0 Å². The third-order valence-electron chi connectivity index (χ3n) is 7.09. The van der Waals surface area contributed by atoms with Crippen LogP contribution in [0.1, 0.15) is 39.2 Å². The van der Waals surface area contributed by atoms with Crippen LogP contribution in [0.2, 0.25) is 0 Å². The van der Waals surface area contributed by atoms with Crippen molar-refractivity contribution in [1.29, 1.82) is 0 Å². The highest BCUT2D eigenvalue weighted by Gasteiger charge is 2.47. The van der Waals surface area contributed by atoms with Crippen LogP contribution in [-0.4, -0.2) is 79.3 Å². The third-order valence-corrected chi connectivity index (χ3v) is 7.09. The molecule has 3 fully saturated rings. The normalized spacial score (nSPS) is 25.0. The maximum atomic E-state index is 2.70. The van der Waals surface area contributed by atoms with Crippen LogP contribution < -0.4 is 4.90 Å². The van der Waals surface area contributed by atoms with Gasteiger partial charge in [0.15, 0.2) is 0 Å². The molecule has 0 N–H and O–H groups in total. The van der Waals surface area contributed by atoms with Crippen molar-refractivity contribution in [2.24, 2.45) is 5.41 Å². The number of hydrogen-bond acceptors (Lipinski definition) is 4. The number of likely N-dealkylation sites (tertiary alicyclic amines) is 2. The number of benzene rings is 1. The molecule has 0 aromatic heterocycles. The maximum Gasteiger partial charge on any atom is 0.0507 e. The van der Waals surface area contributed by atoms with E-state index in [0.717, 1.165) is 13.1 Å². The number of piperidine rings is 1. The summed E-state index contributed by atoms with van der Waals surface area (Å²) >= 11 is 0. The average molecular weight is 371 g/mol. The van der Waals surface area contributed by atoms with Crippen molar-refractivity contribution in [3.8, 4) is 0 Å². The van der Waals surface area contributed by atoms with Gasteiger partial charge in [0.2, 0.25) is 0 Å². The Balaban J connectivity index is 1.19. The summed E-state index contributed by atoms with van der Waals surface area (Å²) in [5.41, 5.74) is 3.71. The van der Waals surface area contributed by atoms with Gasteiger partial charge in [0.25, 0.3) is 0 Å². The van der Waals surface area contributed by atoms with E-state index in [1.165, 1.54) is 70.0 Å². The van der Waals surface area contributed by atoms with Gasteiger partial charge in [-0.25, -0.2) is 0 Å². The Morgan fingerprint density at radius 1 is 0.815 bits per heavy atom. The van der Waals surface area contributed by atoms with Crippen molar-refractivity contribution in [1.82, 2.24) is 14.7 Å². The van der Waals surface area contributed by atoms with Gasteiger partial charge in [-0.1, -0.05) is 17.7 Å². The maximum absolute atomic E-state index is 2.70. The molecule has 0 aliphatic carbocycles. The summed E-state index contributed by atoms with van der Waals surface area (Å²) in [6.07, 6.45) is 2.78. The van der Waals surface area contributed by atoms with Crippen molar-refractivity contribution >= 4 is 5.69 Å². The Hall–Kier alpha value is -1.10. The van der Waals surface area contributed by atoms with E-state index >= 15 is 0 Å². The standard InChI is InChI=1S/C23H38N4/c1-20-5-7-21(8-6-20)26-15-13-25(14-16-26)19-24-11-9-23(10-12-24)17-27(18-23)22(2,3)4/h5-8H,9-19H2,1-4H3. The minimum absolute atomic E-state index is 0.347. The van der Waals surface area contributed by atoms with Gasteiger partial charge in [-0.05, 0) is 71.2 Å². The molecule has 4 nitrogen and oxygen atoms in total. The van der Waals surface area contributed by atoms with Crippen LogP contribution in [0.4, 0.5) is 5.69 Å². The molecule has 0 atom stereocenters. The molecule has 0 bridgehead atoms. The molecule has 3 heterocycles. The molecular formula is C23H38N4. The summed E-state index contributed by atoms with van der Waals surface area (Å²) in [6, 6.07) is 9.00. The summed E-state index contributed by atoms with van der Waals surface area (Å²) in [6.45, 7) is 20.3. The van der Waals surface area contributed by atoms with Crippen molar-refractivity contribution in [3.63, 3.8) is 0 Å². The fourth-order valence-electron chi connectivity index (χ4n) is 4.91. The van der Waals surface area contributed by atoms with Crippen molar-refractivity contribution in [2.75, 3.05) is 63.9 Å². The lowest BCUT2D eigenvalue weighted by Crippen LogP contribution is -2.65. The molecule has 1 aromatic carbocycles. The Labute approximate surface area is 166 Å². The minimum Gasteiger partial charge on any atom is -0.369 e. The van der Waals surface area contributed by atoms with E-state index in [1.807, 2.05) is 0 Å². The highest BCUT2D eigenvalue weighted by molar-refractivity contribution is 5.47. The molecule has 0 saturated carbocycles. The van der Waals surface area contributed by atoms with Crippen LogP contribution in [0.3, 0.4) is 0 Å². The van der Waals surface area contributed by atoms with E-state index in [-0.39, 0.29) is 0 Å². The Bertz CT molecular complexity index is 609. The number of piperazine rings is 1. The first-order valence-corrected chi connectivity index (χ1v) is 10.8. The number of hydrogen-bond donors (Lipinski definition) is 0. The first-order valence-electron chi connectivity index (χ1n) is 10.8. The molecule has 3 aliphatic rings. The van der Waals surface area contributed by atoms with E-state index in [1.54, 1.807) is 0 Å². The first-order chi connectivity index (χ1) is 12.8. The van der Waals surface area contributed by atoms with E-state index in [4.69, 9.17) is 0 Å². The molecule has 1 aromatic rings. The predicted octanol–water partition coefficient (Wildman–Crippen LogP) is 3.27. The molecule has 0 radical (unpaired) electrons. The molecular weight excluding hydrogens is 332 g/mol. The smallest absolute Gasteiger partial charge is 0.0507 e. The second kappa shape index (κ2) is 7.38. The second-order valence-corrected chi connectivity index (χ2v) is 10.2. The van der Waals surface area contributed by atoms with Gasteiger partial charge in [-0.3, -0.25) is 14.7 Å². The fraction of sp³-hybridized carbons (Fsp3) is 0.739. The van der Waals surface area contributed by atoms with Gasteiger partial charge in [0.1, 0.15) is 0 Å². The molecule has 27 heavy (non-hydrogen) atoms. The average Bonchev–Trinajstić information content (AvgIpc) is 2.61. The van der Waals surface area contributed by atoms with Crippen LogP contribution in [-0.2, 0) is 0 Å². The number of nitrogens with zero attached hydrogens (tertiary/aromatic N) is 4. The number of aryl methyl sites for hydroxylation is 1. The van der Waals surface area contributed by atoms with Crippen LogP contribution in [0.15, 0.2) is 24.3 Å². The van der Waals surface area contributed by atoms with Crippen LogP contribution in [0, 0.1) is 12.3 Å². The highest BCUT2D eigenvalue weighted by atomic mass is 15.4. The SMILES string of the molecule is Cc1ccc(N2CCN(CN3CCC4(CC3)CN(C(C)(C)C)C4)CC2)cc1. The van der Waals surface area contributed by atoms with Gasteiger partial charge in [-0.2, -0.15) is 0 Å². The second-order valence-electron chi connectivity index (χ2n) is 10.2. The Morgan fingerprint density at radius 2 is 1.37 bits per heavy atom. The molecule has 3 saturated heterocycles. The van der Waals surface area contributed by atoms with Gasteiger partial charge in [0.05, 0.1) is 6.67 Å². The lowest BCUT2D eigenvalue weighted by Gasteiger charge is -2.58. The molecule has 0 amide bonds. The topological polar surface area (TPSA) is 13.0 Å². The quantitative estimate of drug-likeness (QED) is 0.809. The number of rotatable bonds is 3. The van der Waals surface area contributed by atoms with Crippen LogP contribution in [0.5, 0.6) is 0 Å². The molecule has 4 rings (SSSR count). The lowest BCUT2D eigenvalue weighted by atomic mass is 9.70. The van der Waals surface area contributed by atoms with E-state index in [9.17, 15) is 0 Å². The zero-order valence-electron chi connectivity index (χ0n) is 17.9. The summed E-state index contributed by atoms with van der Waals surface area (Å²) in [4.78, 5) is 10.6. The Morgan fingerprint density at radius 3 is 1.93 bits per heavy atom. The number of anilines is 1. The van der Waals surface area contributed by atoms with Crippen LogP contribution in [0.25, 0.3) is 0 Å². The van der Waals surface area contributed by atoms with E-state index in [0.29, 0.717) is 11.0 Å². The lowest BCUT2D eigenvalue weighted by molar-refractivity contribution is -0.0944. The summed E-state index contributed by atoms with van der Waals surface area (Å²) in [7, 11) is 0. The van der Waals surface area contributed by atoms with E-state index < -0.39 is 0 Å². The van der Waals surface area contributed by atoms with Crippen molar-refractivity contribution in [2.45, 2.75) is 46.1 Å². The van der Waals surface area contributed by atoms with Gasteiger partial charge in [-0.15, -0.1) is 0 Å². The summed E-state index contributed by atoms with van der Waals surface area (Å²) in [5, 5.41) is 0. The molecule has 0 unspecified atom stereocenters. The summed E-state index contributed by atoms with van der Waals surface area (Å²) < 4.78 is 0. The minimum atomic E-state index is 0.347. The van der Waals surface area contributed by atoms with Gasteiger partial charge in [0, 0.05) is 50.5 Å². The molecule has 150 valence electrons. The molecule has 3 aliphatic heterocycles. The largest absolute Gasteiger partial charge is 0.369 e. The van der Waals surface area contributed by atoms with Crippen molar-refractivity contribution in [3.05, 3.63) is 29.8 Å². The van der Waals surface area contributed by atoms with Crippen molar-refractivity contribution < 1.29 is 0 Å². The molecule has 1 spiro atoms. The van der Waals surface area contributed by atoms with Gasteiger partial charge < -0.3 is 4.90 Å². The third kappa shape index (κ3) is 4.33. The zero-order valence-corrected chi connectivity index (χ0v) is 17.9. The Kier molecular flexibility index (Phi) is 5.26. The summed E-state index contributed by atoms with van der Waals surface area (Å²) in [5.74, 6) is 0.